The molecule has 2 N–H and O–H groups in total. The van der Waals surface area contributed by atoms with Crippen molar-refractivity contribution >= 4 is 29.1 Å². The highest BCUT2D eigenvalue weighted by Crippen LogP contribution is 2.57. The minimum Gasteiger partial charge on any atom is -0.343 e. The number of carbonyl (C=O) groups is 2. The summed E-state index contributed by atoms with van der Waals surface area (Å²) in [7, 11) is 0. The minimum absolute atomic E-state index is 0.0159. The molecular formula is C35H41ClN2O2. The summed E-state index contributed by atoms with van der Waals surface area (Å²) in [6.45, 7) is 8.98. The van der Waals surface area contributed by atoms with Crippen LogP contribution in [0.5, 0.6) is 0 Å². The van der Waals surface area contributed by atoms with Gasteiger partial charge in [0, 0.05) is 17.1 Å². The molecule has 4 atom stereocenters. The zero-order valence-electron chi connectivity index (χ0n) is 24.1. The van der Waals surface area contributed by atoms with Crippen LogP contribution in [0, 0.1) is 11.3 Å². The third-order valence-corrected chi connectivity index (χ3v) is 9.83. The van der Waals surface area contributed by atoms with Gasteiger partial charge in [-0.1, -0.05) is 94.2 Å². The van der Waals surface area contributed by atoms with Gasteiger partial charge in [0.15, 0.2) is 0 Å². The van der Waals surface area contributed by atoms with Gasteiger partial charge in [-0.05, 0) is 89.5 Å². The Hall–Kier alpha value is -3.11. The van der Waals surface area contributed by atoms with E-state index in [0.717, 1.165) is 37.7 Å². The number of amides is 2. The molecule has 0 radical (unpaired) electrons. The van der Waals surface area contributed by atoms with Crippen LogP contribution in [0.1, 0.15) is 81.5 Å². The van der Waals surface area contributed by atoms with E-state index in [9.17, 15) is 9.59 Å². The largest absolute Gasteiger partial charge is 0.343 e. The molecule has 0 saturated heterocycles. The van der Waals surface area contributed by atoms with E-state index >= 15 is 0 Å². The Morgan fingerprint density at radius 3 is 2.40 bits per heavy atom. The van der Waals surface area contributed by atoms with Crippen molar-refractivity contribution in [2.24, 2.45) is 11.3 Å². The Kier molecular flexibility index (Phi) is 8.10. The predicted molar refractivity (Wildman–Crippen MR) is 164 cm³/mol. The van der Waals surface area contributed by atoms with Crippen LogP contribution >= 0.6 is 11.6 Å². The molecule has 0 bridgehead atoms. The van der Waals surface area contributed by atoms with Gasteiger partial charge in [-0.15, -0.1) is 0 Å². The van der Waals surface area contributed by atoms with Crippen molar-refractivity contribution in [3.63, 3.8) is 0 Å². The van der Waals surface area contributed by atoms with Crippen molar-refractivity contribution in [1.29, 1.82) is 0 Å². The molecule has 2 aliphatic rings. The van der Waals surface area contributed by atoms with Crippen molar-refractivity contribution in [1.82, 2.24) is 5.32 Å². The topological polar surface area (TPSA) is 58.2 Å². The molecule has 4 nitrogen and oxygen atoms in total. The van der Waals surface area contributed by atoms with Crippen LogP contribution in [0.25, 0.3) is 0 Å². The molecule has 210 valence electrons. The zero-order valence-corrected chi connectivity index (χ0v) is 24.9. The maximum Gasteiger partial charge on any atom is 0.247 e. The molecule has 2 aliphatic carbocycles. The van der Waals surface area contributed by atoms with E-state index in [4.69, 9.17) is 11.6 Å². The number of fused-ring (bicyclic) bond motifs is 3. The SMILES string of the molecule is CC(C)c1ccc2c(c1)CC[C@H]1[C@](C)(C(=O)N[C@H](Cc3ccccc3)C(=O)Nc3ccc(Cl)cc3)CCC[C@]21C. The Bertz CT molecular complexity index is 1370. The molecule has 3 aromatic rings. The second-order valence-corrected chi connectivity index (χ2v) is 13.0. The molecule has 2 amide bonds. The van der Waals surface area contributed by atoms with Gasteiger partial charge in [0.25, 0.3) is 0 Å². The average Bonchev–Trinajstić information content (AvgIpc) is 2.94. The highest BCUT2D eigenvalue weighted by molar-refractivity contribution is 6.30. The number of rotatable bonds is 7. The van der Waals surface area contributed by atoms with Gasteiger partial charge in [-0.2, -0.15) is 0 Å². The monoisotopic (exact) mass is 556 g/mol. The maximum atomic E-state index is 14.3. The van der Waals surface area contributed by atoms with E-state index in [-0.39, 0.29) is 23.1 Å². The molecule has 1 fully saturated rings. The van der Waals surface area contributed by atoms with Gasteiger partial charge >= 0.3 is 0 Å². The summed E-state index contributed by atoms with van der Waals surface area (Å²) < 4.78 is 0. The first-order valence-electron chi connectivity index (χ1n) is 14.6. The van der Waals surface area contributed by atoms with Crippen molar-refractivity contribution in [3.05, 3.63) is 100 Å². The predicted octanol–water partition coefficient (Wildman–Crippen LogP) is 7.84. The Labute approximate surface area is 243 Å². The van der Waals surface area contributed by atoms with Crippen LogP contribution in [0.15, 0.2) is 72.8 Å². The number of nitrogens with one attached hydrogen (secondary N) is 2. The van der Waals surface area contributed by atoms with Crippen molar-refractivity contribution in [2.45, 2.75) is 83.6 Å². The van der Waals surface area contributed by atoms with E-state index in [1.54, 1.807) is 24.3 Å². The van der Waals surface area contributed by atoms with Crippen LogP contribution in [-0.2, 0) is 27.8 Å². The number of hydrogen-bond donors (Lipinski definition) is 2. The van der Waals surface area contributed by atoms with Gasteiger partial charge in [-0.25, -0.2) is 0 Å². The molecule has 0 aromatic heterocycles. The van der Waals surface area contributed by atoms with Crippen molar-refractivity contribution in [2.75, 3.05) is 5.32 Å². The van der Waals surface area contributed by atoms with Gasteiger partial charge < -0.3 is 10.6 Å². The first kappa shape index (κ1) is 28.4. The van der Waals surface area contributed by atoms with Gasteiger partial charge in [0.05, 0.1) is 5.41 Å². The van der Waals surface area contributed by atoms with E-state index in [0.29, 0.717) is 23.0 Å². The summed E-state index contributed by atoms with van der Waals surface area (Å²) in [5.74, 6) is 0.469. The Morgan fingerprint density at radius 2 is 1.70 bits per heavy atom. The summed E-state index contributed by atoms with van der Waals surface area (Å²) in [5.41, 5.74) is 5.28. The zero-order chi connectivity index (χ0) is 28.5. The molecule has 1 saturated carbocycles. The first-order valence-corrected chi connectivity index (χ1v) is 15.0. The summed E-state index contributed by atoms with van der Waals surface area (Å²) in [4.78, 5) is 27.8. The lowest BCUT2D eigenvalue weighted by atomic mass is 9.49. The molecule has 0 heterocycles. The standard InChI is InChI=1S/C35H41ClN2O2/c1-23(2)25-11-17-29-26(22-25)12-18-31-34(29,3)19-8-20-35(31,4)33(40)38-30(21-24-9-6-5-7-10-24)32(39)37-28-15-13-27(36)14-16-28/h5-7,9-11,13-17,22-23,30-31H,8,12,18-21H2,1-4H3,(H,37,39)(H,38,40)/t30-,31-,34-,35-/m1/s1. The van der Waals surface area contributed by atoms with Crippen molar-refractivity contribution in [3.8, 4) is 0 Å². The van der Waals surface area contributed by atoms with Crippen LogP contribution in [0.2, 0.25) is 5.02 Å². The highest BCUT2D eigenvalue weighted by atomic mass is 35.5. The molecule has 5 heteroatoms. The lowest BCUT2D eigenvalue weighted by Gasteiger charge is -2.54. The van der Waals surface area contributed by atoms with Crippen LogP contribution in [0.3, 0.4) is 0 Å². The number of hydrogen-bond acceptors (Lipinski definition) is 2. The molecule has 0 unspecified atom stereocenters. The number of aryl methyl sites for hydroxylation is 1. The van der Waals surface area contributed by atoms with E-state index < -0.39 is 11.5 Å². The number of anilines is 1. The minimum atomic E-state index is -0.694. The summed E-state index contributed by atoms with van der Waals surface area (Å²) in [6.07, 6.45) is 5.29. The number of carbonyl (C=O) groups excluding carboxylic acids is 2. The second-order valence-electron chi connectivity index (χ2n) is 12.6. The fraction of sp³-hybridized carbons (Fsp3) is 0.429. The van der Waals surface area contributed by atoms with Crippen LogP contribution in [-0.4, -0.2) is 17.9 Å². The van der Waals surface area contributed by atoms with Crippen molar-refractivity contribution < 1.29 is 9.59 Å². The summed E-state index contributed by atoms with van der Waals surface area (Å²) >= 11 is 6.04. The van der Waals surface area contributed by atoms with E-state index in [1.807, 2.05) is 30.3 Å². The van der Waals surface area contributed by atoms with Gasteiger partial charge in [0.2, 0.25) is 11.8 Å². The summed E-state index contributed by atoms with van der Waals surface area (Å²) in [5, 5.41) is 6.82. The molecular weight excluding hydrogens is 516 g/mol. The first-order chi connectivity index (χ1) is 19.1. The molecule has 40 heavy (non-hydrogen) atoms. The Balaban J connectivity index is 1.41. The fourth-order valence-electron chi connectivity index (χ4n) is 7.29. The third kappa shape index (κ3) is 5.56. The quantitative estimate of drug-likeness (QED) is 0.311. The lowest BCUT2D eigenvalue weighted by Crippen LogP contribution is -2.58. The number of halogens is 1. The van der Waals surface area contributed by atoms with Crippen LogP contribution in [0.4, 0.5) is 5.69 Å². The summed E-state index contributed by atoms with van der Waals surface area (Å²) in [6, 6.07) is 23.2. The highest BCUT2D eigenvalue weighted by Gasteiger charge is 2.55. The average molecular weight is 557 g/mol. The maximum absolute atomic E-state index is 14.3. The van der Waals surface area contributed by atoms with Gasteiger partial charge in [0.1, 0.15) is 6.04 Å². The fourth-order valence-corrected chi connectivity index (χ4v) is 7.41. The molecule has 3 aromatic carbocycles. The van der Waals surface area contributed by atoms with E-state index in [2.05, 4.69) is 56.5 Å². The smallest absolute Gasteiger partial charge is 0.247 e. The lowest BCUT2D eigenvalue weighted by molar-refractivity contribution is -0.141. The van der Waals surface area contributed by atoms with E-state index in [1.165, 1.54) is 16.7 Å². The normalized spacial score (nSPS) is 24.5. The molecule has 0 spiro atoms. The molecule has 5 rings (SSSR count). The van der Waals surface area contributed by atoms with Crippen LogP contribution < -0.4 is 10.6 Å². The van der Waals surface area contributed by atoms with Gasteiger partial charge in [-0.3, -0.25) is 9.59 Å². The second kappa shape index (κ2) is 11.4. The number of benzene rings is 3. The third-order valence-electron chi connectivity index (χ3n) is 9.58. The molecule has 0 aliphatic heterocycles. The Morgan fingerprint density at radius 1 is 0.975 bits per heavy atom.